The first kappa shape index (κ1) is 12.7. The number of aldehydes is 1. The van der Waals surface area contributed by atoms with E-state index in [-0.39, 0.29) is 0 Å². The Morgan fingerprint density at radius 2 is 1.93 bits per heavy atom. The summed E-state index contributed by atoms with van der Waals surface area (Å²) >= 11 is 6.81. The van der Waals surface area contributed by atoms with Crippen molar-refractivity contribution >= 4 is 38.1 Å². The number of hydrogen-bond donors (Lipinski definition) is 0. The van der Waals surface area contributed by atoms with E-state index in [9.17, 15) is 4.79 Å². The van der Waals surface area contributed by atoms with Gasteiger partial charge in [-0.15, -0.1) is 0 Å². The molecule has 0 aromatic heterocycles. The van der Waals surface area contributed by atoms with E-state index in [1.165, 1.54) is 0 Å². The quantitative estimate of drug-likeness (QED) is 0.787. The van der Waals surface area contributed by atoms with Crippen LogP contribution in [0.1, 0.15) is 19.4 Å². The fraction of sp³-hybridized carbons (Fsp3) is 0.364. The Kier molecular flexibility index (Phi) is 3.95. The molecule has 0 aliphatic carbocycles. The molecule has 0 aliphatic heterocycles. The van der Waals surface area contributed by atoms with Crippen molar-refractivity contribution in [3.63, 3.8) is 0 Å². The highest BCUT2D eigenvalue weighted by atomic mass is 79.9. The van der Waals surface area contributed by atoms with Crippen LogP contribution in [0.25, 0.3) is 0 Å². The molecule has 0 bridgehead atoms. The first-order chi connectivity index (χ1) is 6.92. The first-order valence-corrected chi connectivity index (χ1v) is 6.01. The van der Waals surface area contributed by atoms with Crippen molar-refractivity contribution in [3.05, 3.63) is 26.6 Å². The van der Waals surface area contributed by atoms with Crippen LogP contribution in [0.3, 0.4) is 0 Å². The minimum absolute atomic E-state index is 0.558. The summed E-state index contributed by atoms with van der Waals surface area (Å²) in [5.41, 5.74) is 0.304. The van der Waals surface area contributed by atoms with Gasteiger partial charge in [-0.05, 0) is 41.9 Å². The lowest BCUT2D eigenvalue weighted by Gasteiger charge is -2.21. The zero-order chi connectivity index (χ0) is 11.6. The van der Waals surface area contributed by atoms with Crippen LogP contribution >= 0.6 is 31.9 Å². The third-order valence-corrected chi connectivity index (χ3v) is 3.25. The number of methoxy groups -OCH3 is 1. The van der Waals surface area contributed by atoms with Crippen molar-refractivity contribution in [1.29, 1.82) is 0 Å². The Hall–Kier alpha value is -0.350. The minimum Gasteiger partial charge on any atom is -0.495 e. The average Bonchev–Trinajstić information content (AvgIpc) is 2.16. The van der Waals surface area contributed by atoms with Crippen molar-refractivity contribution in [1.82, 2.24) is 0 Å². The molecule has 2 nitrogen and oxygen atoms in total. The maximum atomic E-state index is 11.0. The number of rotatable bonds is 3. The summed E-state index contributed by atoms with van der Waals surface area (Å²) in [6.07, 6.45) is 0.920. The van der Waals surface area contributed by atoms with E-state index in [1.54, 1.807) is 7.11 Å². The highest BCUT2D eigenvalue weighted by molar-refractivity contribution is 9.11. The molecule has 4 heteroatoms. The van der Waals surface area contributed by atoms with E-state index < -0.39 is 5.41 Å². The Morgan fingerprint density at radius 1 is 1.33 bits per heavy atom. The monoisotopic (exact) mass is 334 g/mol. The molecular weight excluding hydrogens is 324 g/mol. The predicted octanol–water partition coefficient (Wildman–Crippen LogP) is 3.70. The van der Waals surface area contributed by atoms with Crippen LogP contribution < -0.4 is 4.74 Å². The molecule has 1 aromatic rings. The fourth-order valence-corrected chi connectivity index (χ4v) is 2.70. The van der Waals surface area contributed by atoms with Gasteiger partial charge >= 0.3 is 0 Å². The van der Waals surface area contributed by atoms with Gasteiger partial charge in [0.15, 0.2) is 0 Å². The van der Waals surface area contributed by atoms with E-state index in [0.29, 0.717) is 5.75 Å². The highest BCUT2D eigenvalue weighted by Gasteiger charge is 2.25. The van der Waals surface area contributed by atoms with Gasteiger partial charge in [-0.2, -0.15) is 0 Å². The third kappa shape index (κ3) is 2.61. The molecule has 82 valence electrons. The summed E-state index contributed by atoms with van der Waals surface area (Å²) in [6.45, 7) is 3.72. The van der Waals surface area contributed by atoms with Gasteiger partial charge < -0.3 is 9.53 Å². The lowest BCUT2D eigenvalue weighted by molar-refractivity contribution is -0.111. The van der Waals surface area contributed by atoms with E-state index in [2.05, 4.69) is 31.9 Å². The Labute approximate surface area is 106 Å². The van der Waals surface area contributed by atoms with Gasteiger partial charge in [0.25, 0.3) is 0 Å². The molecule has 0 amide bonds. The van der Waals surface area contributed by atoms with E-state index in [0.717, 1.165) is 20.8 Å². The van der Waals surface area contributed by atoms with Crippen molar-refractivity contribution in [2.24, 2.45) is 0 Å². The molecule has 0 N–H and O–H groups in total. The fourth-order valence-electron chi connectivity index (χ4n) is 1.31. The van der Waals surface area contributed by atoms with E-state index >= 15 is 0 Å². The molecule has 0 unspecified atom stereocenters. The molecule has 0 heterocycles. The number of benzene rings is 1. The van der Waals surface area contributed by atoms with Gasteiger partial charge in [-0.3, -0.25) is 0 Å². The Morgan fingerprint density at radius 3 is 2.40 bits per heavy atom. The number of carbonyl (C=O) groups is 1. The summed E-state index contributed by atoms with van der Waals surface area (Å²) in [5.74, 6) is 0.704. The maximum Gasteiger partial charge on any atom is 0.137 e. The number of hydrogen-bond acceptors (Lipinski definition) is 2. The number of carbonyl (C=O) groups excluding carboxylic acids is 1. The minimum atomic E-state index is -0.558. The molecular formula is C11H12Br2O2. The summed E-state index contributed by atoms with van der Waals surface area (Å²) < 4.78 is 7.05. The number of ether oxygens (including phenoxy) is 1. The zero-order valence-electron chi connectivity index (χ0n) is 8.80. The lowest BCUT2D eigenvalue weighted by Crippen LogP contribution is -2.20. The van der Waals surface area contributed by atoms with E-state index in [1.807, 2.05) is 26.0 Å². The molecule has 1 rings (SSSR count). The third-order valence-electron chi connectivity index (χ3n) is 2.20. The molecule has 1 aromatic carbocycles. The second-order valence-corrected chi connectivity index (χ2v) is 5.58. The summed E-state index contributed by atoms with van der Waals surface area (Å²) in [5, 5.41) is 0. The van der Waals surface area contributed by atoms with Crippen LogP contribution in [-0.2, 0) is 10.2 Å². The molecule has 0 atom stereocenters. The molecule has 0 radical (unpaired) electrons. The molecule has 0 saturated carbocycles. The topological polar surface area (TPSA) is 26.3 Å². The highest BCUT2D eigenvalue weighted by Crippen LogP contribution is 2.38. The van der Waals surface area contributed by atoms with Crippen molar-refractivity contribution in [2.45, 2.75) is 19.3 Å². The van der Waals surface area contributed by atoms with Crippen molar-refractivity contribution < 1.29 is 9.53 Å². The molecule has 0 spiro atoms. The van der Waals surface area contributed by atoms with E-state index in [4.69, 9.17) is 4.74 Å². The second-order valence-electron chi connectivity index (χ2n) is 3.81. The van der Waals surface area contributed by atoms with Gasteiger partial charge in [0.05, 0.1) is 11.6 Å². The van der Waals surface area contributed by atoms with Crippen LogP contribution in [0.5, 0.6) is 5.75 Å². The average molecular weight is 336 g/mol. The van der Waals surface area contributed by atoms with Crippen LogP contribution in [0, 0.1) is 0 Å². The van der Waals surface area contributed by atoms with Gasteiger partial charge in [0.2, 0.25) is 0 Å². The zero-order valence-corrected chi connectivity index (χ0v) is 12.0. The van der Waals surface area contributed by atoms with Crippen LogP contribution in [0.15, 0.2) is 21.1 Å². The Bertz CT molecular complexity index is 386. The molecule has 15 heavy (non-hydrogen) atoms. The number of halogens is 2. The molecule has 0 saturated heterocycles. The normalized spacial score (nSPS) is 11.3. The SMILES string of the molecule is COc1c(Br)cc(Br)cc1C(C)(C)C=O. The van der Waals surface area contributed by atoms with Gasteiger partial charge in [-0.1, -0.05) is 15.9 Å². The van der Waals surface area contributed by atoms with Gasteiger partial charge in [-0.25, -0.2) is 0 Å². The lowest BCUT2D eigenvalue weighted by atomic mass is 9.86. The molecule has 0 fully saturated rings. The van der Waals surface area contributed by atoms with Crippen molar-refractivity contribution in [3.8, 4) is 5.75 Å². The largest absolute Gasteiger partial charge is 0.495 e. The summed E-state index contributed by atoms with van der Waals surface area (Å²) in [7, 11) is 1.60. The predicted molar refractivity (Wildman–Crippen MR) is 67.5 cm³/mol. The van der Waals surface area contributed by atoms with Gasteiger partial charge in [0, 0.05) is 15.5 Å². The van der Waals surface area contributed by atoms with Crippen LogP contribution in [-0.4, -0.2) is 13.4 Å². The standard InChI is InChI=1S/C11H12Br2O2/c1-11(2,6-14)8-4-7(12)5-9(13)10(8)15-3/h4-6H,1-3H3. The molecule has 0 aliphatic rings. The summed E-state index contributed by atoms with van der Waals surface area (Å²) in [6, 6.07) is 3.79. The van der Waals surface area contributed by atoms with Crippen LogP contribution in [0.4, 0.5) is 0 Å². The van der Waals surface area contributed by atoms with Gasteiger partial charge in [0.1, 0.15) is 12.0 Å². The Balaban J connectivity index is 3.45. The first-order valence-electron chi connectivity index (χ1n) is 4.42. The van der Waals surface area contributed by atoms with Crippen LogP contribution in [0.2, 0.25) is 0 Å². The smallest absolute Gasteiger partial charge is 0.137 e. The maximum absolute atomic E-state index is 11.0. The van der Waals surface area contributed by atoms with Crippen molar-refractivity contribution in [2.75, 3.05) is 7.11 Å². The second kappa shape index (κ2) is 4.66. The summed E-state index contributed by atoms with van der Waals surface area (Å²) in [4.78, 5) is 11.0.